The second-order valence-corrected chi connectivity index (χ2v) is 5.11. The largest absolute Gasteiger partial charge is 0.326 e. The minimum absolute atomic E-state index is 0.00842. The number of carbonyl (C=O) groups is 1. The maximum absolute atomic E-state index is 13.6. The van der Waals surface area contributed by atoms with Gasteiger partial charge < -0.3 is 5.32 Å². The Morgan fingerprint density at radius 2 is 2.00 bits per heavy atom. The molecule has 2 amide bonds. The zero-order chi connectivity index (χ0) is 15.0. The van der Waals surface area contributed by atoms with Gasteiger partial charge in [0.2, 0.25) is 0 Å². The summed E-state index contributed by atoms with van der Waals surface area (Å²) in [4.78, 5) is 14.0. The number of fused-ring (bicyclic) bond motifs is 1. The summed E-state index contributed by atoms with van der Waals surface area (Å²) in [6, 6.07) is 10.3. The fourth-order valence-corrected chi connectivity index (χ4v) is 2.64. The van der Waals surface area contributed by atoms with E-state index in [4.69, 9.17) is 0 Å². The van der Waals surface area contributed by atoms with Crippen LogP contribution in [-0.4, -0.2) is 12.1 Å². The maximum Gasteiger partial charge on any atom is 0.326 e. The fourth-order valence-electron chi connectivity index (χ4n) is 2.64. The normalized spacial score (nSPS) is 16.7. The molecule has 2 aromatic carbocycles. The highest BCUT2D eigenvalue weighted by molar-refractivity contribution is 6.03. The topological polar surface area (TPSA) is 32.3 Å². The molecule has 0 bridgehead atoms. The number of halogens is 2. The molecule has 1 aliphatic rings. The lowest BCUT2D eigenvalue weighted by Gasteiger charge is -2.23. The second-order valence-electron chi connectivity index (χ2n) is 5.11. The number of amides is 2. The van der Waals surface area contributed by atoms with Crippen molar-refractivity contribution in [3.8, 4) is 0 Å². The van der Waals surface area contributed by atoms with Gasteiger partial charge in [-0.05, 0) is 37.1 Å². The van der Waals surface area contributed by atoms with Crippen LogP contribution >= 0.6 is 0 Å². The van der Waals surface area contributed by atoms with Crippen molar-refractivity contribution >= 4 is 17.4 Å². The number of benzene rings is 2. The van der Waals surface area contributed by atoms with E-state index in [9.17, 15) is 13.6 Å². The Kier molecular flexibility index (Phi) is 3.33. The molecular weight excluding hydrogens is 274 g/mol. The number of carbonyl (C=O) groups excluding carboxylic acids is 1. The quantitative estimate of drug-likeness (QED) is 0.846. The number of nitrogens with zero attached hydrogens (tertiary/aromatic N) is 1. The summed E-state index contributed by atoms with van der Waals surface area (Å²) in [6.07, 6.45) is 0.759. The molecular formula is C16H14F2N2O. The van der Waals surface area contributed by atoms with Gasteiger partial charge in [-0.1, -0.05) is 18.2 Å². The summed E-state index contributed by atoms with van der Waals surface area (Å²) in [7, 11) is 0. The highest BCUT2D eigenvalue weighted by Crippen LogP contribution is 2.32. The Labute approximate surface area is 121 Å². The summed E-state index contributed by atoms with van der Waals surface area (Å²) in [6.45, 7) is 1.93. The number of urea groups is 1. The predicted octanol–water partition coefficient (Wildman–Crippen LogP) is 3.95. The molecule has 108 valence electrons. The van der Waals surface area contributed by atoms with Crippen molar-refractivity contribution in [2.24, 2.45) is 0 Å². The SMILES string of the molecule is C[C@@H]1Cc2ccccc2N1C(=O)Nc1ccc(F)cc1F. The van der Waals surface area contributed by atoms with E-state index in [0.717, 1.165) is 29.8 Å². The molecule has 0 saturated carbocycles. The third kappa shape index (κ3) is 2.46. The van der Waals surface area contributed by atoms with Gasteiger partial charge in [0, 0.05) is 17.8 Å². The smallest absolute Gasteiger partial charge is 0.305 e. The molecule has 0 fully saturated rings. The molecule has 0 spiro atoms. The van der Waals surface area contributed by atoms with E-state index in [1.165, 1.54) is 6.07 Å². The van der Waals surface area contributed by atoms with E-state index in [-0.39, 0.29) is 11.7 Å². The third-order valence-electron chi connectivity index (χ3n) is 3.60. The molecule has 2 aromatic rings. The first-order valence-electron chi connectivity index (χ1n) is 6.69. The first kappa shape index (κ1) is 13.5. The van der Waals surface area contributed by atoms with E-state index < -0.39 is 17.7 Å². The van der Waals surface area contributed by atoms with Gasteiger partial charge in [0.1, 0.15) is 11.6 Å². The van der Waals surface area contributed by atoms with Gasteiger partial charge in [0.25, 0.3) is 0 Å². The molecule has 0 saturated heterocycles. The number of rotatable bonds is 1. The van der Waals surface area contributed by atoms with E-state index in [1.54, 1.807) is 4.90 Å². The van der Waals surface area contributed by atoms with Crippen LogP contribution in [0.3, 0.4) is 0 Å². The monoisotopic (exact) mass is 288 g/mol. The lowest BCUT2D eigenvalue weighted by atomic mass is 10.1. The minimum atomic E-state index is -0.788. The summed E-state index contributed by atoms with van der Waals surface area (Å²) in [5, 5.41) is 2.50. The summed E-state index contributed by atoms with van der Waals surface area (Å²) >= 11 is 0. The first-order chi connectivity index (χ1) is 10.1. The number of hydrogen-bond donors (Lipinski definition) is 1. The molecule has 0 aliphatic carbocycles. The number of nitrogens with one attached hydrogen (secondary N) is 1. The minimum Gasteiger partial charge on any atom is -0.305 e. The van der Waals surface area contributed by atoms with E-state index in [0.29, 0.717) is 0 Å². The van der Waals surface area contributed by atoms with Gasteiger partial charge in [-0.2, -0.15) is 0 Å². The summed E-state index contributed by atoms with van der Waals surface area (Å²) < 4.78 is 26.5. The zero-order valence-electron chi connectivity index (χ0n) is 11.4. The van der Waals surface area contributed by atoms with Crippen LogP contribution in [0.1, 0.15) is 12.5 Å². The Morgan fingerprint density at radius 3 is 2.76 bits per heavy atom. The first-order valence-corrected chi connectivity index (χ1v) is 6.69. The van der Waals surface area contributed by atoms with Crippen molar-refractivity contribution in [1.29, 1.82) is 0 Å². The van der Waals surface area contributed by atoms with Crippen LogP contribution in [0.15, 0.2) is 42.5 Å². The predicted molar refractivity (Wildman–Crippen MR) is 77.5 cm³/mol. The number of anilines is 2. The molecule has 3 rings (SSSR count). The zero-order valence-corrected chi connectivity index (χ0v) is 11.4. The van der Waals surface area contributed by atoms with E-state index in [1.807, 2.05) is 31.2 Å². The van der Waals surface area contributed by atoms with Crippen LogP contribution in [0.4, 0.5) is 25.0 Å². The molecule has 5 heteroatoms. The van der Waals surface area contributed by atoms with Crippen molar-refractivity contribution in [2.75, 3.05) is 10.2 Å². The Bertz CT molecular complexity index is 702. The average Bonchev–Trinajstić information content (AvgIpc) is 2.77. The van der Waals surface area contributed by atoms with Crippen molar-refractivity contribution < 1.29 is 13.6 Å². The maximum atomic E-state index is 13.6. The van der Waals surface area contributed by atoms with Crippen LogP contribution in [0.5, 0.6) is 0 Å². The lowest BCUT2D eigenvalue weighted by molar-refractivity contribution is 0.255. The van der Waals surface area contributed by atoms with E-state index in [2.05, 4.69) is 5.32 Å². The van der Waals surface area contributed by atoms with Crippen molar-refractivity contribution in [1.82, 2.24) is 0 Å². The highest BCUT2D eigenvalue weighted by atomic mass is 19.1. The lowest BCUT2D eigenvalue weighted by Crippen LogP contribution is -2.39. The molecule has 0 unspecified atom stereocenters. The van der Waals surface area contributed by atoms with Gasteiger partial charge in [-0.15, -0.1) is 0 Å². The van der Waals surface area contributed by atoms with Crippen LogP contribution in [0, 0.1) is 11.6 Å². The molecule has 0 radical (unpaired) electrons. The Balaban J connectivity index is 1.86. The van der Waals surface area contributed by atoms with Gasteiger partial charge in [-0.25, -0.2) is 13.6 Å². The van der Waals surface area contributed by atoms with Crippen LogP contribution in [0.2, 0.25) is 0 Å². The standard InChI is InChI=1S/C16H14F2N2O/c1-10-8-11-4-2-3-5-15(11)20(10)16(21)19-14-7-6-12(17)9-13(14)18/h2-7,9-10H,8H2,1H3,(H,19,21)/t10-/m1/s1. The number of para-hydroxylation sites is 1. The second kappa shape index (κ2) is 5.16. The van der Waals surface area contributed by atoms with Crippen LogP contribution in [-0.2, 0) is 6.42 Å². The average molecular weight is 288 g/mol. The van der Waals surface area contributed by atoms with Gasteiger partial charge in [0.15, 0.2) is 0 Å². The van der Waals surface area contributed by atoms with Gasteiger partial charge in [0.05, 0.1) is 5.69 Å². The van der Waals surface area contributed by atoms with Crippen molar-refractivity contribution in [2.45, 2.75) is 19.4 Å². The molecule has 1 atom stereocenters. The van der Waals surface area contributed by atoms with E-state index >= 15 is 0 Å². The van der Waals surface area contributed by atoms with Gasteiger partial charge in [-0.3, -0.25) is 4.90 Å². The van der Waals surface area contributed by atoms with Crippen LogP contribution in [0.25, 0.3) is 0 Å². The molecule has 0 aromatic heterocycles. The highest BCUT2D eigenvalue weighted by Gasteiger charge is 2.30. The summed E-state index contributed by atoms with van der Waals surface area (Å²) in [5.41, 5.74) is 1.88. The van der Waals surface area contributed by atoms with Gasteiger partial charge >= 0.3 is 6.03 Å². The third-order valence-corrected chi connectivity index (χ3v) is 3.60. The van der Waals surface area contributed by atoms with Crippen molar-refractivity contribution in [3.05, 3.63) is 59.7 Å². The molecule has 3 nitrogen and oxygen atoms in total. The Hall–Kier alpha value is -2.43. The van der Waals surface area contributed by atoms with Crippen LogP contribution < -0.4 is 10.2 Å². The summed E-state index contributed by atoms with van der Waals surface area (Å²) in [5.74, 6) is -1.46. The fraction of sp³-hybridized carbons (Fsp3) is 0.188. The Morgan fingerprint density at radius 1 is 1.24 bits per heavy atom. The molecule has 21 heavy (non-hydrogen) atoms. The number of hydrogen-bond acceptors (Lipinski definition) is 1. The molecule has 1 N–H and O–H groups in total. The molecule has 1 aliphatic heterocycles. The molecule has 1 heterocycles. The van der Waals surface area contributed by atoms with Crippen molar-refractivity contribution in [3.63, 3.8) is 0 Å².